The van der Waals surface area contributed by atoms with E-state index < -0.39 is 47.8 Å². The van der Waals surface area contributed by atoms with E-state index in [1.165, 1.54) is 26.2 Å². The Balaban J connectivity index is 1.88. The molecule has 1 aliphatic heterocycles. The van der Waals surface area contributed by atoms with Crippen molar-refractivity contribution in [3.05, 3.63) is 34.7 Å². The summed E-state index contributed by atoms with van der Waals surface area (Å²) in [5.74, 6) is -0.191. The minimum Gasteiger partial charge on any atom is -0.465 e. The number of methoxy groups -OCH3 is 1. The molecule has 168 valence electrons. The molecule has 31 heavy (non-hydrogen) atoms. The molecule has 0 spiro atoms. The van der Waals surface area contributed by atoms with Gasteiger partial charge in [-0.05, 0) is 32.0 Å². The van der Waals surface area contributed by atoms with Crippen molar-refractivity contribution in [2.24, 2.45) is 0 Å². The Hall–Kier alpha value is -3.15. The lowest BCUT2D eigenvalue weighted by Gasteiger charge is -2.48. The summed E-state index contributed by atoms with van der Waals surface area (Å²) >= 11 is 0. The molecule has 1 aromatic heterocycles. The van der Waals surface area contributed by atoms with Gasteiger partial charge in [0.15, 0.2) is 0 Å². The maximum atomic E-state index is 12.1. The van der Waals surface area contributed by atoms with Crippen LogP contribution in [-0.2, 0) is 14.3 Å². The Morgan fingerprint density at radius 3 is 2.55 bits per heavy atom. The fourth-order valence-electron chi connectivity index (χ4n) is 3.62. The lowest BCUT2D eigenvalue weighted by Crippen LogP contribution is -2.68. The molecule has 0 aliphatic carbocycles. The van der Waals surface area contributed by atoms with Gasteiger partial charge in [-0.1, -0.05) is 0 Å². The van der Waals surface area contributed by atoms with Crippen molar-refractivity contribution >= 4 is 28.7 Å². The van der Waals surface area contributed by atoms with Crippen molar-refractivity contribution in [1.29, 1.82) is 0 Å². The summed E-state index contributed by atoms with van der Waals surface area (Å²) < 4.78 is 22.2. The van der Waals surface area contributed by atoms with Crippen LogP contribution in [0, 0.1) is 0 Å². The van der Waals surface area contributed by atoms with E-state index in [2.05, 4.69) is 10.6 Å². The lowest BCUT2D eigenvalue weighted by atomic mass is 9.87. The van der Waals surface area contributed by atoms with Gasteiger partial charge in [-0.25, -0.2) is 9.59 Å². The first-order valence-corrected chi connectivity index (χ1v) is 9.42. The summed E-state index contributed by atoms with van der Waals surface area (Å²) in [7, 11) is 1.39. The number of aliphatic hydroxyl groups is 1. The quantitative estimate of drug-likeness (QED) is 0.507. The fraction of sp³-hybridized carbons (Fsp3) is 0.450. The molecule has 11 nitrogen and oxygen atoms in total. The number of nitrogens with one attached hydrogen (secondary N) is 2. The average Bonchev–Trinajstić information content (AvgIpc) is 2.65. The highest BCUT2D eigenvalue weighted by Crippen LogP contribution is 2.33. The number of carbonyl (C=O) groups excluding carboxylic acids is 1. The predicted octanol–water partition coefficient (Wildman–Crippen LogP) is 1.28. The van der Waals surface area contributed by atoms with Crippen LogP contribution < -0.4 is 21.0 Å². The number of hydrogen-bond donors (Lipinski definition) is 4. The number of anilines is 1. The zero-order valence-corrected chi connectivity index (χ0v) is 17.4. The number of aliphatic hydroxyl groups excluding tert-OH is 1. The first-order valence-electron chi connectivity index (χ1n) is 9.42. The summed E-state index contributed by atoms with van der Waals surface area (Å²) in [6, 6.07) is 5.04. The molecule has 2 aromatic rings. The normalized spacial score (nSPS) is 25.1. The predicted molar refractivity (Wildman–Crippen MR) is 108 cm³/mol. The number of carbonyl (C=O) groups is 2. The van der Waals surface area contributed by atoms with Crippen molar-refractivity contribution in [1.82, 2.24) is 5.32 Å². The number of fused-ring (bicyclic) bond motifs is 1. The van der Waals surface area contributed by atoms with E-state index in [9.17, 15) is 19.5 Å². The van der Waals surface area contributed by atoms with Gasteiger partial charge < -0.3 is 39.5 Å². The van der Waals surface area contributed by atoms with E-state index in [4.69, 9.17) is 23.7 Å². The highest BCUT2D eigenvalue weighted by Gasteiger charge is 2.51. The summed E-state index contributed by atoms with van der Waals surface area (Å²) in [4.78, 5) is 34.5. The highest BCUT2D eigenvalue weighted by atomic mass is 16.7. The molecule has 4 atom stereocenters. The third kappa shape index (κ3) is 4.79. The monoisotopic (exact) mass is 436 g/mol. The second-order valence-electron chi connectivity index (χ2n) is 7.66. The molecule has 3 rings (SSSR count). The summed E-state index contributed by atoms with van der Waals surface area (Å²) in [5, 5.41) is 25.0. The minimum atomic E-state index is -1.39. The molecular weight excluding hydrogens is 412 g/mol. The van der Waals surface area contributed by atoms with E-state index in [0.29, 0.717) is 5.39 Å². The largest absolute Gasteiger partial charge is 0.465 e. The third-order valence-corrected chi connectivity index (χ3v) is 4.89. The Kier molecular flexibility index (Phi) is 6.20. The molecule has 4 N–H and O–H groups in total. The van der Waals surface area contributed by atoms with Crippen molar-refractivity contribution in [3.8, 4) is 5.75 Å². The van der Waals surface area contributed by atoms with Gasteiger partial charge in [0, 0.05) is 25.5 Å². The first kappa shape index (κ1) is 22.5. The summed E-state index contributed by atoms with van der Waals surface area (Å²) in [5.41, 5.74) is -1.53. The Morgan fingerprint density at radius 1 is 1.23 bits per heavy atom. The van der Waals surface area contributed by atoms with E-state index in [0.717, 1.165) is 0 Å². The maximum Gasteiger partial charge on any atom is 0.405 e. The van der Waals surface area contributed by atoms with Gasteiger partial charge in [-0.2, -0.15) is 0 Å². The van der Waals surface area contributed by atoms with Crippen LogP contribution in [0.1, 0.15) is 20.8 Å². The van der Waals surface area contributed by atoms with Crippen LogP contribution in [0.4, 0.5) is 10.5 Å². The van der Waals surface area contributed by atoms with Gasteiger partial charge in [-0.15, -0.1) is 0 Å². The molecule has 1 fully saturated rings. The standard InChI is InChI=1S/C20H24N2O9/c1-9(23)21-12-7-10-5-6-11(8-13(10)30-17(12)25)29-18-15(24)14(22-19(26)27)16(28-4)20(2,3)31-18/h5-8,14-16,18,22,24H,1-4H3,(H,21,23)(H,26,27)/t14-,15+,16+,18+/m0/s1. The van der Waals surface area contributed by atoms with Crippen LogP contribution in [0.25, 0.3) is 11.0 Å². The van der Waals surface area contributed by atoms with E-state index in [1.54, 1.807) is 26.0 Å². The van der Waals surface area contributed by atoms with E-state index >= 15 is 0 Å². The Labute approximate surface area is 176 Å². The number of benzene rings is 1. The molecule has 0 bridgehead atoms. The molecule has 0 saturated carbocycles. The SMILES string of the molecule is CO[C@@H]1[C@@H](NC(=O)O)[C@@H](O)[C@H](Oc2ccc3cc(NC(C)=O)c(=O)oc3c2)OC1(C)C. The van der Waals surface area contributed by atoms with Crippen LogP contribution in [0.5, 0.6) is 5.75 Å². The third-order valence-electron chi connectivity index (χ3n) is 4.89. The molecule has 1 aliphatic rings. The van der Waals surface area contributed by atoms with Gasteiger partial charge >= 0.3 is 11.7 Å². The Morgan fingerprint density at radius 2 is 1.94 bits per heavy atom. The molecule has 0 unspecified atom stereocenters. The van der Waals surface area contributed by atoms with Crippen molar-refractivity contribution in [2.45, 2.75) is 50.9 Å². The first-order chi connectivity index (χ1) is 14.5. The van der Waals surface area contributed by atoms with Crippen molar-refractivity contribution < 1.29 is 38.4 Å². The number of ether oxygens (including phenoxy) is 3. The maximum absolute atomic E-state index is 12.1. The van der Waals surface area contributed by atoms with Crippen LogP contribution in [0.3, 0.4) is 0 Å². The summed E-state index contributed by atoms with van der Waals surface area (Å²) in [6.45, 7) is 4.64. The smallest absolute Gasteiger partial charge is 0.405 e. The number of carboxylic acid groups (broad SMARTS) is 1. The van der Waals surface area contributed by atoms with E-state index in [1.807, 2.05) is 0 Å². The number of hydrogen-bond acceptors (Lipinski definition) is 8. The second-order valence-corrected chi connectivity index (χ2v) is 7.66. The number of rotatable bonds is 5. The molecule has 1 aromatic carbocycles. The van der Waals surface area contributed by atoms with Crippen molar-refractivity contribution in [3.63, 3.8) is 0 Å². The van der Waals surface area contributed by atoms with Gasteiger partial charge in [0.05, 0.1) is 11.6 Å². The average molecular weight is 436 g/mol. The van der Waals surface area contributed by atoms with Crippen molar-refractivity contribution in [2.75, 3.05) is 12.4 Å². The number of amides is 2. The zero-order chi connectivity index (χ0) is 22.9. The molecule has 11 heteroatoms. The second kappa shape index (κ2) is 8.53. The van der Waals surface area contributed by atoms with Gasteiger partial charge in [0.1, 0.15) is 29.2 Å². The van der Waals surface area contributed by atoms with Gasteiger partial charge in [0.2, 0.25) is 12.2 Å². The minimum absolute atomic E-state index is 0.00893. The summed E-state index contributed by atoms with van der Waals surface area (Å²) in [6.07, 6.45) is -4.73. The van der Waals surface area contributed by atoms with Crippen LogP contribution >= 0.6 is 0 Å². The lowest BCUT2D eigenvalue weighted by molar-refractivity contribution is -0.281. The Bertz CT molecular complexity index is 1050. The molecular formula is C20H24N2O9. The zero-order valence-electron chi connectivity index (χ0n) is 17.4. The van der Waals surface area contributed by atoms with Crippen LogP contribution in [0.2, 0.25) is 0 Å². The molecule has 2 heterocycles. The fourth-order valence-corrected chi connectivity index (χ4v) is 3.62. The topological polar surface area (TPSA) is 157 Å². The highest BCUT2D eigenvalue weighted by molar-refractivity contribution is 5.91. The van der Waals surface area contributed by atoms with Gasteiger partial charge in [-0.3, -0.25) is 4.79 Å². The molecule has 2 amide bonds. The van der Waals surface area contributed by atoms with Crippen LogP contribution in [0.15, 0.2) is 33.5 Å². The van der Waals surface area contributed by atoms with Gasteiger partial charge in [0.25, 0.3) is 0 Å². The molecule has 0 radical (unpaired) electrons. The van der Waals surface area contributed by atoms with E-state index in [-0.39, 0.29) is 17.0 Å². The molecule has 1 saturated heterocycles. The van der Waals surface area contributed by atoms with Crippen LogP contribution in [-0.4, -0.2) is 59.5 Å².